The fourth-order valence-corrected chi connectivity index (χ4v) is 3.77. The third-order valence-electron chi connectivity index (χ3n) is 4.55. The zero-order chi connectivity index (χ0) is 17.9. The van der Waals surface area contributed by atoms with Gasteiger partial charge >= 0.3 is 0 Å². The average molecular weight is 365 g/mol. The van der Waals surface area contributed by atoms with E-state index in [9.17, 15) is 5.11 Å². The fourth-order valence-electron chi connectivity index (χ4n) is 3.44. The maximum atomic E-state index is 9.54. The topological polar surface area (TPSA) is 66.2 Å². The van der Waals surface area contributed by atoms with E-state index in [1.54, 1.807) is 12.4 Å². The second kappa shape index (κ2) is 7.23. The minimum atomic E-state index is -0.0967. The molecule has 1 fully saturated rings. The molecule has 1 aliphatic rings. The summed E-state index contributed by atoms with van der Waals surface area (Å²) in [7, 11) is 0. The van der Waals surface area contributed by atoms with Crippen LogP contribution in [-0.2, 0) is 0 Å². The number of rotatable bonds is 5. The maximum Gasteiger partial charge on any atom is 0.170 e. The standard InChI is InChI=1S/C19H19N5OS/c25-12-11-24-18(17(22-19(24)26)15-6-1-2-9-21-15)16-7-4-10-23(16)14-5-3-8-20-13-14/h1-10,13,17-18,25H,11-12H2,(H,22,26)/t17-,18+/m1/s1. The van der Waals surface area contributed by atoms with E-state index in [2.05, 4.69) is 25.9 Å². The summed E-state index contributed by atoms with van der Waals surface area (Å²) in [5.74, 6) is 0. The second-order valence-corrected chi connectivity index (χ2v) is 6.44. The lowest BCUT2D eigenvalue weighted by atomic mass is 10.0. The molecule has 4 heterocycles. The Kier molecular flexibility index (Phi) is 4.64. The number of hydrogen-bond acceptors (Lipinski definition) is 4. The molecule has 0 saturated carbocycles. The molecule has 0 aliphatic carbocycles. The first-order valence-corrected chi connectivity index (χ1v) is 8.87. The van der Waals surface area contributed by atoms with E-state index in [-0.39, 0.29) is 18.7 Å². The summed E-state index contributed by atoms with van der Waals surface area (Å²) in [4.78, 5) is 10.8. The summed E-state index contributed by atoms with van der Waals surface area (Å²) in [6, 6.07) is 13.7. The molecule has 0 aromatic carbocycles. The SMILES string of the molecule is OCCN1C(=S)N[C@H](c2ccccn2)[C@@H]1c1cccn1-c1cccnc1. The van der Waals surface area contributed by atoms with Crippen LogP contribution in [0.1, 0.15) is 23.5 Å². The molecule has 4 rings (SSSR count). The highest BCUT2D eigenvalue weighted by Gasteiger charge is 2.40. The van der Waals surface area contributed by atoms with Gasteiger partial charge in [0.1, 0.15) is 0 Å². The van der Waals surface area contributed by atoms with Gasteiger partial charge in [0.2, 0.25) is 0 Å². The minimum Gasteiger partial charge on any atom is -0.395 e. The Bertz CT molecular complexity index is 883. The van der Waals surface area contributed by atoms with Crippen LogP contribution < -0.4 is 5.32 Å². The van der Waals surface area contributed by atoms with Gasteiger partial charge < -0.3 is 19.9 Å². The highest BCUT2D eigenvalue weighted by molar-refractivity contribution is 7.80. The molecule has 26 heavy (non-hydrogen) atoms. The lowest BCUT2D eigenvalue weighted by Gasteiger charge is -2.28. The quantitative estimate of drug-likeness (QED) is 0.676. The summed E-state index contributed by atoms with van der Waals surface area (Å²) in [5, 5.41) is 13.5. The molecule has 0 spiro atoms. The Labute approximate surface area is 157 Å². The number of thiocarbonyl (C=S) groups is 1. The molecule has 6 nitrogen and oxygen atoms in total. The first kappa shape index (κ1) is 16.7. The predicted octanol–water partition coefficient (Wildman–Crippen LogP) is 2.23. The van der Waals surface area contributed by atoms with Crippen molar-refractivity contribution < 1.29 is 5.11 Å². The van der Waals surface area contributed by atoms with E-state index in [4.69, 9.17) is 12.2 Å². The van der Waals surface area contributed by atoms with E-state index in [1.165, 1.54) is 0 Å². The van der Waals surface area contributed by atoms with E-state index in [0.29, 0.717) is 11.7 Å². The van der Waals surface area contributed by atoms with Crippen LogP contribution >= 0.6 is 12.2 Å². The Balaban J connectivity index is 1.81. The third-order valence-corrected chi connectivity index (χ3v) is 4.90. The van der Waals surface area contributed by atoms with E-state index in [0.717, 1.165) is 17.1 Å². The average Bonchev–Trinajstić information content (AvgIpc) is 3.28. The van der Waals surface area contributed by atoms with Crippen LogP contribution in [0, 0.1) is 0 Å². The van der Waals surface area contributed by atoms with Gasteiger partial charge in [0.25, 0.3) is 0 Å². The number of β-amino-alcohol motifs (C(OH)–C–C–N with tert-alkyl or cyclic N) is 1. The van der Waals surface area contributed by atoms with Crippen molar-refractivity contribution >= 4 is 17.3 Å². The van der Waals surface area contributed by atoms with Crippen LogP contribution in [0.2, 0.25) is 0 Å². The number of hydrogen-bond donors (Lipinski definition) is 2. The number of nitrogens with zero attached hydrogens (tertiary/aromatic N) is 4. The van der Waals surface area contributed by atoms with Crippen LogP contribution in [0.15, 0.2) is 67.3 Å². The van der Waals surface area contributed by atoms with Gasteiger partial charge in [-0.1, -0.05) is 6.07 Å². The van der Waals surface area contributed by atoms with E-state index < -0.39 is 0 Å². The number of aliphatic hydroxyl groups excluding tert-OH is 1. The van der Waals surface area contributed by atoms with E-state index >= 15 is 0 Å². The molecule has 0 bridgehead atoms. The van der Waals surface area contributed by atoms with Gasteiger partial charge in [0.05, 0.1) is 36.3 Å². The monoisotopic (exact) mass is 365 g/mol. The third kappa shape index (κ3) is 2.95. The van der Waals surface area contributed by atoms with Crippen LogP contribution in [0.3, 0.4) is 0 Å². The Morgan fingerprint density at radius 3 is 2.77 bits per heavy atom. The summed E-state index contributed by atoms with van der Waals surface area (Å²) < 4.78 is 2.10. The summed E-state index contributed by atoms with van der Waals surface area (Å²) >= 11 is 5.55. The molecule has 0 unspecified atom stereocenters. The maximum absolute atomic E-state index is 9.54. The van der Waals surface area contributed by atoms with Gasteiger partial charge in [0, 0.05) is 30.8 Å². The fraction of sp³-hybridized carbons (Fsp3) is 0.211. The van der Waals surface area contributed by atoms with Crippen LogP contribution in [0.4, 0.5) is 0 Å². The summed E-state index contributed by atoms with van der Waals surface area (Å²) in [6.07, 6.45) is 7.39. The summed E-state index contributed by atoms with van der Waals surface area (Å²) in [5.41, 5.74) is 2.96. The van der Waals surface area contributed by atoms with Crippen molar-refractivity contribution in [3.8, 4) is 5.69 Å². The van der Waals surface area contributed by atoms with Crippen LogP contribution in [0.25, 0.3) is 5.69 Å². The van der Waals surface area contributed by atoms with Crippen molar-refractivity contribution in [1.82, 2.24) is 24.8 Å². The lowest BCUT2D eigenvalue weighted by molar-refractivity contribution is 0.220. The molecular weight excluding hydrogens is 346 g/mol. The lowest BCUT2D eigenvalue weighted by Crippen LogP contribution is -2.32. The van der Waals surface area contributed by atoms with Crippen molar-refractivity contribution in [2.75, 3.05) is 13.2 Å². The van der Waals surface area contributed by atoms with E-state index in [1.807, 2.05) is 53.7 Å². The van der Waals surface area contributed by atoms with Gasteiger partial charge in [-0.25, -0.2) is 0 Å². The van der Waals surface area contributed by atoms with Crippen molar-refractivity contribution in [2.24, 2.45) is 0 Å². The largest absolute Gasteiger partial charge is 0.395 e. The zero-order valence-electron chi connectivity index (χ0n) is 14.1. The Morgan fingerprint density at radius 2 is 2.04 bits per heavy atom. The number of aromatic nitrogens is 3. The summed E-state index contributed by atoms with van der Waals surface area (Å²) in [6.45, 7) is 0.485. The normalized spacial score (nSPS) is 19.6. The van der Waals surface area contributed by atoms with Gasteiger partial charge in [0.15, 0.2) is 5.11 Å². The van der Waals surface area contributed by atoms with Gasteiger partial charge in [-0.15, -0.1) is 0 Å². The molecule has 2 N–H and O–H groups in total. The predicted molar refractivity (Wildman–Crippen MR) is 103 cm³/mol. The molecule has 7 heteroatoms. The van der Waals surface area contributed by atoms with Crippen molar-refractivity contribution in [2.45, 2.75) is 12.1 Å². The zero-order valence-corrected chi connectivity index (χ0v) is 14.9. The van der Waals surface area contributed by atoms with Crippen molar-refractivity contribution in [1.29, 1.82) is 0 Å². The van der Waals surface area contributed by atoms with Crippen LogP contribution in [-0.4, -0.2) is 42.8 Å². The molecular formula is C19H19N5OS. The van der Waals surface area contributed by atoms with Gasteiger partial charge in [-0.05, 0) is 48.6 Å². The second-order valence-electron chi connectivity index (χ2n) is 6.06. The highest BCUT2D eigenvalue weighted by Crippen LogP contribution is 2.39. The first-order valence-electron chi connectivity index (χ1n) is 8.46. The van der Waals surface area contributed by atoms with Crippen LogP contribution in [0.5, 0.6) is 0 Å². The van der Waals surface area contributed by atoms with Gasteiger partial charge in [-0.3, -0.25) is 9.97 Å². The number of aliphatic hydroxyl groups is 1. The minimum absolute atomic E-state index is 0.0286. The first-order chi connectivity index (χ1) is 12.8. The highest BCUT2D eigenvalue weighted by atomic mass is 32.1. The van der Waals surface area contributed by atoms with Gasteiger partial charge in [-0.2, -0.15) is 0 Å². The number of nitrogens with one attached hydrogen (secondary N) is 1. The van der Waals surface area contributed by atoms with Crippen molar-refractivity contribution in [3.05, 3.63) is 78.6 Å². The molecule has 1 saturated heterocycles. The molecule has 0 amide bonds. The Morgan fingerprint density at radius 1 is 1.12 bits per heavy atom. The molecule has 2 atom stereocenters. The molecule has 3 aromatic heterocycles. The molecule has 3 aromatic rings. The Hall–Kier alpha value is -2.77. The molecule has 1 aliphatic heterocycles. The number of pyridine rings is 2. The van der Waals surface area contributed by atoms with Crippen molar-refractivity contribution in [3.63, 3.8) is 0 Å². The molecule has 132 valence electrons. The molecule has 0 radical (unpaired) electrons. The smallest absolute Gasteiger partial charge is 0.170 e.